The first-order chi connectivity index (χ1) is 18.1. The summed E-state index contributed by atoms with van der Waals surface area (Å²) in [6.45, 7) is 1.89. The van der Waals surface area contributed by atoms with Crippen molar-refractivity contribution < 1.29 is 14.3 Å². The van der Waals surface area contributed by atoms with Gasteiger partial charge >= 0.3 is 0 Å². The van der Waals surface area contributed by atoms with E-state index in [2.05, 4.69) is 10.6 Å². The van der Waals surface area contributed by atoms with Gasteiger partial charge in [-0.3, -0.25) is 4.79 Å². The first-order valence-corrected chi connectivity index (χ1v) is 12.7. The maximum Gasteiger partial charge on any atom is 0.255 e. The summed E-state index contributed by atoms with van der Waals surface area (Å²) in [6.07, 6.45) is 0. The molecule has 1 atom stereocenters. The first kappa shape index (κ1) is 24.5. The van der Waals surface area contributed by atoms with E-state index in [4.69, 9.17) is 19.6 Å². The van der Waals surface area contributed by atoms with Gasteiger partial charge in [-0.05, 0) is 54.4 Å². The number of nitrogens with one attached hydrogen (secondary N) is 2. The average molecular weight is 514 g/mol. The summed E-state index contributed by atoms with van der Waals surface area (Å²) >= 11 is 1.53. The zero-order valence-electron chi connectivity index (χ0n) is 20.8. The molecule has 0 unspecified atom stereocenters. The molecule has 0 saturated heterocycles. The van der Waals surface area contributed by atoms with Gasteiger partial charge in [0, 0.05) is 17.1 Å². The molecule has 37 heavy (non-hydrogen) atoms. The molecule has 0 radical (unpaired) electrons. The van der Waals surface area contributed by atoms with Gasteiger partial charge in [0.25, 0.3) is 5.91 Å². The second-order valence-corrected chi connectivity index (χ2v) is 9.40. The van der Waals surface area contributed by atoms with Gasteiger partial charge in [-0.2, -0.15) is 4.98 Å². The molecular weight excluding hydrogens is 486 g/mol. The third-order valence-electron chi connectivity index (χ3n) is 6.04. The van der Waals surface area contributed by atoms with Crippen LogP contribution in [0.15, 0.2) is 95.3 Å². The van der Waals surface area contributed by atoms with Crippen molar-refractivity contribution in [1.29, 1.82) is 0 Å². The Morgan fingerprint density at radius 3 is 2.49 bits per heavy atom. The number of thioether (sulfide) groups is 1. The van der Waals surface area contributed by atoms with Crippen LogP contribution in [0.5, 0.6) is 11.5 Å². The summed E-state index contributed by atoms with van der Waals surface area (Å²) in [5.74, 6) is 2.61. The van der Waals surface area contributed by atoms with E-state index in [-0.39, 0.29) is 5.91 Å². The van der Waals surface area contributed by atoms with Gasteiger partial charge in [0.1, 0.15) is 17.5 Å². The van der Waals surface area contributed by atoms with Gasteiger partial charge in [0.2, 0.25) is 11.1 Å². The second-order valence-electron chi connectivity index (χ2n) is 8.46. The molecule has 1 aliphatic rings. The fourth-order valence-corrected chi connectivity index (χ4v) is 4.98. The molecule has 0 spiro atoms. The number of hydrogen-bond acceptors (Lipinski definition) is 7. The Kier molecular flexibility index (Phi) is 7.14. The van der Waals surface area contributed by atoms with Gasteiger partial charge in [-0.1, -0.05) is 54.2 Å². The fraction of sp³-hybridized carbons (Fsp3) is 0.179. The van der Waals surface area contributed by atoms with E-state index >= 15 is 0 Å². The molecule has 0 saturated carbocycles. The minimum atomic E-state index is -0.468. The predicted molar refractivity (Wildman–Crippen MR) is 145 cm³/mol. The van der Waals surface area contributed by atoms with Gasteiger partial charge in [0.05, 0.1) is 19.8 Å². The first-order valence-electron chi connectivity index (χ1n) is 11.8. The third-order valence-corrected chi connectivity index (χ3v) is 6.95. The molecule has 3 aromatic carbocycles. The van der Waals surface area contributed by atoms with Crippen LogP contribution in [0.2, 0.25) is 0 Å². The number of benzene rings is 3. The number of rotatable bonds is 8. The van der Waals surface area contributed by atoms with Gasteiger partial charge in [0.15, 0.2) is 0 Å². The minimum Gasteiger partial charge on any atom is -0.497 e. The number of carbonyl (C=O) groups excluding carboxylic acids is 1. The normalized spacial score (nSPS) is 14.5. The molecular formula is C28H27N5O3S. The average Bonchev–Trinajstić information content (AvgIpc) is 3.34. The molecule has 0 aliphatic carbocycles. The van der Waals surface area contributed by atoms with E-state index in [0.29, 0.717) is 22.4 Å². The summed E-state index contributed by atoms with van der Waals surface area (Å²) in [5.41, 5.74) is 4.01. The van der Waals surface area contributed by atoms with Crippen molar-refractivity contribution >= 4 is 29.3 Å². The number of aromatic nitrogens is 3. The highest BCUT2D eigenvalue weighted by Gasteiger charge is 2.34. The van der Waals surface area contributed by atoms with Crippen LogP contribution in [0.25, 0.3) is 0 Å². The summed E-state index contributed by atoms with van der Waals surface area (Å²) < 4.78 is 12.5. The second kappa shape index (κ2) is 10.8. The van der Waals surface area contributed by atoms with Gasteiger partial charge in [-0.25, -0.2) is 4.68 Å². The number of nitrogens with zero attached hydrogens (tertiary/aromatic N) is 3. The quantitative estimate of drug-likeness (QED) is 0.300. The van der Waals surface area contributed by atoms with Crippen molar-refractivity contribution in [2.45, 2.75) is 23.9 Å². The highest BCUT2D eigenvalue weighted by molar-refractivity contribution is 7.98. The maximum absolute atomic E-state index is 13.6. The monoisotopic (exact) mass is 513 g/mol. The fourth-order valence-electron chi connectivity index (χ4n) is 4.21. The molecule has 0 bridgehead atoms. The van der Waals surface area contributed by atoms with Crippen LogP contribution < -0.4 is 20.1 Å². The number of methoxy groups -OCH3 is 2. The number of amides is 1. The van der Waals surface area contributed by atoms with E-state index in [1.807, 2.05) is 85.8 Å². The lowest BCUT2D eigenvalue weighted by Gasteiger charge is -2.28. The Bertz CT molecular complexity index is 1430. The van der Waals surface area contributed by atoms with Crippen LogP contribution in [0.4, 0.5) is 11.6 Å². The van der Waals surface area contributed by atoms with Crippen LogP contribution >= 0.6 is 11.8 Å². The molecule has 9 heteroatoms. The molecule has 188 valence electrons. The van der Waals surface area contributed by atoms with E-state index in [1.165, 1.54) is 11.8 Å². The number of fused-ring (bicyclic) bond motifs is 1. The number of carbonyl (C=O) groups is 1. The number of para-hydroxylation sites is 1. The van der Waals surface area contributed by atoms with E-state index in [9.17, 15) is 4.79 Å². The van der Waals surface area contributed by atoms with E-state index in [1.54, 1.807) is 18.9 Å². The van der Waals surface area contributed by atoms with Gasteiger partial charge in [-0.15, -0.1) is 5.10 Å². The summed E-state index contributed by atoms with van der Waals surface area (Å²) in [7, 11) is 3.28. The molecule has 1 amide bonds. The predicted octanol–water partition coefficient (Wildman–Crippen LogP) is 5.52. The summed E-state index contributed by atoms with van der Waals surface area (Å²) in [5, 5.41) is 11.7. The third kappa shape index (κ3) is 5.31. The smallest absolute Gasteiger partial charge is 0.255 e. The van der Waals surface area contributed by atoms with E-state index in [0.717, 1.165) is 34.0 Å². The number of ether oxygens (including phenoxy) is 2. The van der Waals surface area contributed by atoms with Crippen LogP contribution in [0.3, 0.4) is 0 Å². The van der Waals surface area contributed by atoms with Crippen LogP contribution in [-0.4, -0.2) is 34.9 Å². The SMILES string of the molecule is COc1ccc([C@@H]2C(C(=O)Nc3ccccc3)=C(C)Nc3nc(SCc4cccc(OC)c4)nn32)cc1. The topological polar surface area (TPSA) is 90.3 Å². The van der Waals surface area contributed by atoms with Crippen molar-refractivity contribution in [1.82, 2.24) is 14.8 Å². The Labute approximate surface area is 219 Å². The Morgan fingerprint density at radius 2 is 1.76 bits per heavy atom. The highest BCUT2D eigenvalue weighted by atomic mass is 32.2. The van der Waals surface area contributed by atoms with Crippen molar-refractivity contribution in [3.05, 3.63) is 101 Å². The van der Waals surface area contributed by atoms with Crippen LogP contribution in [0.1, 0.15) is 24.1 Å². The molecule has 5 rings (SSSR count). The summed E-state index contributed by atoms with van der Waals surface area (Å²) in [4.78, 5) is 18.3. The molecule has 4 aromatic rings. The number of anilines is 2. The van der Waals surface area contributed by atoms with E-state index < -0.39 is 6.04 Å². The Balaban J connectivity index is 1.47. The maximum atomic E-state index is 13.6. The standard InChI is InChI=1S/C28H27N5O3S/c1-18-24(26(34)30-21-9-5-4-6-10-21)25(20-12-14-22(35-2)15-13-20)33-27(29-18)31-28(32-33)37-17-19-8-7-11-23(16-19)36-3/h4-16,25H,17H2,1-3H3,(H,30,34)(H,29,31,32)/t25-/m1/s1. The van der Waals surface area contributed by atoms with Crippen molar-refractivity contribution in [2.75, 3.05) is 24.9 Å². The van der Waals surface area contributed by atoms with Gasteiger partial charge < -0.3 is 20.1 Å². The Morgan fingerprint density at radius 1 is 1.00 bits per heavy atom. The molecule has 1 aliphatic heterocycles. The molecule has 2 heterocycles. The zero-order valence-corrected chi connectivity index (χ0v) is 21.6. The Hall–Kier alpha value is -4.24. The molecule has 2 N–H and O–H groups in total. The lowest BCUT2D eigenvalue weighted by atomic mass is 9.95. The lowest BCUT2D eigenvalue weighted by Crippen LogP contribution is -2.31. The molecule has 0 fully saturated rings. The zero-order chi connectivity index (χ0) is 25.8. The summed E-state index contributed by atoms with van der Waals surface area (Å²) in [6, 6.07) is 24.5. The molecule has 8 nitrogen and oxygen atoms in total. The van der Waals surface area contributed by atoms with Crippen LogP contribution in [0, 0.1) is 0 Å². The van der Waals surface area contributed by atoms with Crippen molar-refractivity contribution in [2.24, 2.45) is 0 Å². The van der Waals surface area contributed by atoms with Crippen LogP contribution in [-0.2, 0) is 10.5 Å². The minimum absolute atomic E-state index is 0.205. The van der Waals surface area contributed by atoms with Crippen molar-refractivity contribution in [3.63, 3.8) is 0 Å². The number of allylic oxidation sites excluding steroid dienone is 1. The molecule has 1 aromatic heterocycles. The van der Waals surface area contributed by atoms with Crippen molar-refractivity contribution in [3.8, 4) is 11.5 Å². The highest BCUT2D eigenvalue weighted by Crippen LogP contribution is 2.37. The lowest BCUT2D eigenvalue weighted by molar-refractivity contribution is -0.113. The number of hydrogen-bond donors (Lipinski definition) is 2. The largest absolute Gasteiger partial charge is 0.497 e.